The van der Waals surface area contributed by atoms with E-state index >= 15 is 0 Å². The molecule has 0 radical (unpaired) electrons. The van der Waals surface area contributed by atoms with Crippen molar-refractivity contribution in [2.45, 2.75) is 42.9 Å². The molecule has 0 aliphatic carbocycles. The summed E-state index contributed by atoms with van der Waals surface area (Å²) in [6.07, 6.45) is -7.60. The highest BCUT2D eigenvalue weighted by atomic mass is 16.7. The monoisotopic (exact) mass is 552 g/mol. The van der Waals surface area contributed by atoms with E-state index in [1.54, 1.807) is 6.07 Å². The van der Waals surface area contributed by atoms with E-state index in [1.165, 1.54) is 50.6 Å². The average Bonchev–Trinajstić information content (AvgIpc) is 2.94. The molecule has 39 heavy (non-hydrogen) atoms. The number of ether oxygens (including phenoxy) is 5. The van der Waals surface area contributed by atoms with Gasteiger partial charge in [0.1, 0.15) is 30.5 Å². The Bertz CT molecular complexity index is 1130. The van der Waals surface area contributed by atoms with Crippen LogP contribution < -0.4 is 18.9 Å². The van der Waals surface area contributed by atoms with Crippen molar-refractivity contribution in [2.24, 2.45) is 0 Å². The van der Waals surface area contributed by atoms with Crippen LogP contribution in [0.2, 0.25) is 0 Å². The molecule has 1 fully saturated rings. The Kier molecular flexibility index (Phi) is 10.5. The fraction of sp³-hybridized carbons (Fsp3) is 0.423. The third-order valence-corrected chi connectivity index (χ3v) is 6.04. The van der Waals surface area contributed by atoms with Gasteiger partial charge in [-0.1, -0.05) is 12.1 Å². The van der Waals surface area contributed by atoms with Crippen LogP contribution in [0, 0.1) is 0 Å². The maximum atomic E-state index is 11.0. The molecule has 1 aliphatic rings. The molecule has 13 nitrogen and oxygen atoms in total. The third kappa shape index (κ3) is 7.16. The Morgan fingerprint density at radius 3 is 2.23 bits per heavy atom. The first-order valence-corrected chi connectivity index (χ1v) is 11.8. The van der Waals surface area contributed by atoms with Crippen LogP contribution in [-0.2, 0) is 9.53 Å². The van der Waals surface area contributed by atoms with Gasteiger partial charge in [-0.3, -0.25) is 0 Å². The summed E-state index contributed by atoms with van der Waals surface area (Å²) >= 11 is 0. The van der Waals surface area contributed by atoms with E-state index in [9.17, 15) is 35.4 Å². The second kappa shape index (κ2) is 13.6. The van der Waals surface area contributed by atoms with Gasteiger partial charge in [0.25, 0.3) is 0 Å². The SMILES string of the molecule is COc1cc([C@H](O)[C@H](CO)Oc2ccc(/C=C/C(=O)O)cc2OC)ccc1O[C@H]1O[C@H](CO)[C@@H](O)[C@H](O)[C@H]1O. The fourth-order valence-corrected chi connectivity index (χ4v) is 3.89. The average molecular weight is 553 g/mol. The molecule has 0 spiro atoms. The van der Waals surface area contributed by atoms with E-state index < -0.39 is 62.1 Å². The summed E-state index contributed by atoms with van der Waals surface area (Å²) < 4.78 is 27.4. The normalized spacial score (nSPS) is 24.7. The molecule has 0 unspecified atom stereocenters. The molecule has 1 heterocycles. The van der Waals surface area contributed by atoms with Gasteiger partial charge in [0.15, 0.2) is 29.1 Å². The van der Waals surface area contributed by atoms with Crippen LogP contribution in [0.3, 0.4) is 0 Å². The minimum atomic E-state index is -1.63. The van der Waals surface area contributed by atoms with Gasteiger partial charge < -0.3 is 59.4 Å². The molecule has 7 atom stereocenters. The summed E-state index contributed by atoms with van der Waals surface area (Å²) in [4.78, 5) is 10.8. The van der Waals surface area contributed by atoms with E-state index in [0.717, 1.165) is 6.08 Å². The predicted octanol–water partition coefficient (Wildman–Crippen LogP) is -0.546. The first-order chi connectivity index (χ1) is 18.6. The Balaban J connectivity index is 1.78. The number of aliphatic carboxylic acids is 1. The number of hydrogen-bond donors (Lipinski definition) is 7. The minimum absolute atomic E-state index is 0.0610. The summed E-state index contributed by atoms with van der Waals surface area (Å²) in [5.41, 5.74) is 0.800. The maximum absolute atomic E-state index is 11.0. The van der Waals surface area contributed by atoms with E-state index in [2.05, 4.69) is 0 Å². The lowest BCUT2D eigenvalue weighted by Gasteiger charge is -2.39. The molecule has 3 rings (SSSR count). The van der Waals surface area contributed by atoms with E-state index in [1.807, 2.05) is 0 Å². The first kappa shape index (κ1) is 30.1. The third-order valence-electron chi connectivity index (χ3n) is 6.04. The summed E-state index contributed by atoms with van der Waals surface area (Å²) in [6, 6.07) is 8.88. The highest BCUT2D eigenvalue weighted by Crippen LogP contribution is 2.36. The van der Waals surface area contributed by atoms with Crippen molar-refractivity contribution in [3.63, 3.8) is 0 Å². The number of carbonyl (C=O) groups is 1. The van der Waals surface area contributed by atoms with Crippen molar-refractivity contribution in [2.75, 3.05) is 27.4 Å². The zero-order valence-corrected chi connectivity index (χ0v) is 21.2. The van der Waals surface area contributed by atoms with Crippen molar-refractivity contribution < 1.29 is 64.2 Å². The van der Waals surface area contributed by atoms with Gasteiger partial charge >= 0.3 is 5.97 Å². The Labute approximate surface area is 223 Å². The van der Waals surface area contributed by atoms with Gasteiger partial charge in [-0.15, -0.1) is 0 Å². The molecule has 0 saturated carbocycles. The fourth-order valence-electron chi connectivity index (χ4n) is 3.89. The van der Waals surface area contributed by atoms with Gasteiger partial charge in [-0.05, 0) is 41.5 Å². The molecule has 2 aromatic carbocycles. The number of aliphatic hydroxyl groups excluding tert-OH is 6. The zero-order chi connectivity index (χ0) is 28.7. The largest absolute Gasteiger partial charge is 0.493 e. The van der Waals surface area contributed by atoms with E-state index in [0.29, 0.717) is 5.56 Å². The first-order valence-electron chi connectivity index (χ1n) is 11.8. The van der Waals surface area contributed by atoms with Crippen LogP contribution in [-0.4, -0.2) is 106 Å². The van der Waals surface area contributed by atoms with Crippen molar-refractivity contribution in [3.05, 3.63) is 53.6 Å². The molecule has 214 valence electrons. The van der Waals surface area contributed by atoms with Crippen LogP contribution in [0.1, 0.15) is 17.2 Å². The van der Waals surface area contributed by atoms with E-state index in [4.69, 9.17) is 28.8 Å². The second-order valence-corrected chi connectivity index (χ2v) is 8.59. The zero-order valence-electron chi connectivity index (χ0n) is 21.2. The Morgan fingerprint density at radius 1 is 0.949 bits per heavy atom. The topological polar surface area (TPSA) is 205 Å². The minimum Gasteiger partial charge on any atom is -0.493 e. The summed E-state index contributed by atoms with van der Waals surface area (Å²) in [6.45, 7) is -1.21. The number of methoxy groups -OCH3 is 2. The Hall–Kier alpha value is -3.43. The summed E-state index contributed by atoms with van der Waals surface area (Å²) in [7, 11) is 2.72. The van der Waals surface area contributed by atoms with Crippen molar-refractivity contribution >= 4 is 12.0 Å². The van der Waals surface area contributed by atoms with Gasteiger partial charge in [-0.2, -0.15) is 0 Å². The Morgan fingerprint density at radius 2 is 1.62 bits per heavy atom. The molecular formula is C26H32O13. The number of carboxylic acid groups (broad SMARTS) is 1. The molecule has 0 amide bonds. The smallest absolute Gasteiger partial charge is 0.328 e. The molecule has 2 aromatic rings. The number of rotatable bonds is 12. The van der Waals surface area contributed by atoms with Crippen LogP contribution >= 0.6 is 0 Å². The molecule has 1 aliphatic heterocycles. The van der Waals surface area contributed by atoms with Crippen LogP contribution in [0.15, 0.2) is 42.5 Å². The quantitative estimate of drug-likeness (QED) is 0.165. The van der Waals surface area contributed by atoms with Crippen LogP contribution in [0.4, 0.5) is 0 Å². The van der Waals surface area contributed by atoms with Gasteiger partial charge in [-0.25, -0.2) is 4.79 Å². The highest BCUT2D eigenvalue weighted by Gasteiger charge is 2.45. The van der Waals surface area contributed by atoms with E-state index in [-0.39, 0.29) is 28.6 Å². The lowest BCUT2D eigenvalue weighted by atomic mass is 9.99. The van der Waals surface area contributed by atoms with Gasteiger partial charge in [0.05, 0.1) is 27.4 Å². The molecular weight excluding hydrogens is 520 g/mol. The van der Waals surface area contributed by atoms with Crippen molar-refractivity contribution in [1.82, 2.24) is 0 Å². The molecule has 0 aromatic heterocycles. The molecule has 7 N–H and O–H groups in total. The predicted molar refractivity (Wildman–Crippen MR) is 134 cm³/mol. The number of hydrogen-bond acceptors (Lipinski definition) is 12. The molecule has 13 heteroatoms. The highest BCUT2D eigenvalue weighted by molar-refractivity contribution is 5.85. The number of benzene rings is 2. The number of aliphatic hydroxyl groups is 6. The summed E-state index contributed by atoms with van der Waals surface area (Å²) in [5, 5.41) is 69.2. The van der Waals surface area contributed by atoms with Gasteiger partial charge in [0.2, 0.25) is 6.29 Å². The second-order valence-electron chi connectivity index (χ2n) is 8.59. The lowest BCUT2D eigenvalue weighted by molar-refractivity contribution is -0.277. The van der Waals surface area contributed by atoms with Crippen LogP contribution in [0.25, 0.3) is 6.08 Å². The lowest BCUT2D eigenvalue weighted by Crippen LogP contribution is -2.60. The molecule has 0 bridgehead atoms. The van der Waals surface area contributed by atoms with Gasteiger partial charge in [0, 0.05) is 6.08 Å². The summed E-state index contributed by atoms with van der Waals surface area (Å²) in [5.74, 6) is -0.511. The number of carboxylic acids is 1. The van der Waals surface area contributed by atoms with Crippen molar-refractivity contribution in [3.8, 4) is 23.0 Å². The van der Waals surface area contributed by atoms with Crippen LogP contribution in [0.5, 0.6) is 23.0 Å². The molecule has 1 saturated heterocycles. The van der Waals surface area contributed by atoms with Crippen molar-refractivity contribution in [1.29, 1.82) is 0 Å². The standard InChI is InChI=1S/C26H32O13/c1-35-17-9-13(4-8-21(29)30)3-6-15(17)37-19(11-27)22(31)14-5-7-16(18(10-14)36-2)38-26-25(34)24(33)23(32)20(12-28)39-26/h3-10,19-20,22-28,31-34H,11-12H2,1-2H3,(H,29,30)/b8-4+/t19-,20+,22-,23+,24-,25+,26-/m0/s1. The maximum Gasteiger partial charge on any atom is 0.328 e.